The smallest absolute Gasteiger partial charge is 0.325 e. The SMILES string of the molecule is CCNC(=NCCCN1C(=O)NC(C)(CC)C1=O)NC1CCCN(c2ccc(C)cc2)C1.I. The summed E-state index contributed by atoms with van der Waals surface area (Å²) in [4.78, 5) is 33.1. The molecule has 2 fully saturated rings. The largest absolute Gasteiger partial charge is 0.369 e. The number of urea groups is 1. The van der Waals surface area contributed by atoms with Crippen LogP contribution in [0.4, 0.5) is 10.5 Å². The van der Waals surface area contributed by atoms with Crippen molar-refractivity contribution in [2.75, 3.05) is 37.6 Å². The van der Waals surface area contributed by atoms with Gasteiger partial charge in [0.15, 0.2) is 5.96 Å². The third kappa shape index (κ3) is 6.97. The van der Waals surface area contributed by atoms with Crippen molar-refractivity contribution in [2.24, 2.45) is 4.99 Å². The molecule has 2 aliphatic heterocycles. The van der Waals surface area contributed by atoms with Crippen LogP contribution in [0, 0.1) is 6.92 Å². The summed E-state index contributed by atoms with van der Waals surface area (Å²) in [5.41, 5.74) is 1.76. The molecular weight excluding hydrogens is 531 g/mol. The molecule has 184 valence electrons. The van der Waals surface area contributed by atoms with Crippen molar-refractivity contribution in [3.05, 3.63) is 29.8 Å². The van der Waals surface area contributed by atoms with Crippen LogP contribution in [-0.2, 0) is 4.79 Å². The van der Waals surface area contributed by atoms with Crippen LogP contribution in [0.1, 0.15) is 52.0 Å². The molecule has 2 heterocycles. The standard InChI is InChI=1S/C24H38N6O2.HI/c1-5-24(4)21(31)30(23(32)28-24)16-8-14-26-22(25-6-2)27-19-9-7-15-29(17-19)20-12-10-18(3)11-13-20;/h10-13,19H,5-9,14-17H2,1-4H3,(H,28,32)(H2,25,26,27);1H. The number of rotatable bonds is 8. The van der Waals surface area contributed by atoms with E-state index in [-0.39, 0.29) is 35.9 Å². The summed E-state index contributed by atoms with van der Waals surface area (Å²) in [6, 6.07) is 8.72. The normalized spacial score (nSPS) is 23.3. The molecule has 2 atom stereocenters. The Balaban J connectivity index is 0.00000385. The molecule has 0 radical (unpaired) electrons. The van der Waals surface area contributed by atoms with E-state index in [2.05, 4.69) is 59.0 Å². The molecule has 1 aromatic carbocycles. The monoisotopic (exact) mass is 570 g/mol. The maximum Gasteiger partial charge on any atom is 0.325 e. The van der Waals surface area contributed by atoms with E-state index in [1.165, 1.54) is 16.2 Å². The molecule has 2 saturated heterocycles. The van der Waals surface area contributed by atoms with Gasteiger partial charge >= 0.3 is 6.03 Å². The van der Waals surface area contributed by atoms with Gasteiger partial charge in [0.05, 0.1) is 0 Å². The Morgan fingerprint density at radius 3 is 2.61 bits per heavy atom. The number of nitrogens with one attached hydrogen (secondary N) is 3. The first-order valence-electron chi connectivity index (χ1n) is 11.9. The molecule has 9 heteroatoms. The first-order valence-corrected chi connectivity index (χ1v) is 11.9. The van der Waals surface area contributed by atoms with E-state index >= 15 is 0 Å². The van der Waals surface area contributed by atoms with Crippen LogP contribution < -0.4 is 20.9 Å². The number of anilines is 1. The van der Waals surface area contributed by atoms with Crippen molar-refractivity contribution in [1.29, 1.82) is 0 Å². The Bertz CT molecular complexity index is 831. The van der Waals surface area contributed by atoms with E-state index in [9.17, 15) is 9.59 Å². The average Bonchev–Trinajstić information content (AvgIpc) is 3.00. The lowest BCUT2D eigenvalue weighted by atomic mass is 9.99. The molecule has 0 aromatic heterocycles. The minimum atomic E-state index is -0.777. The first kappa shape index (κ1) is 27.2. The molecule has 0 aliphatic carbocycles. The van der Waals surface area contributed by atoms with Gasteiger partial charge in [-0.25, -0.2) is 4.79 Å². The summed E-state index contributed by atoms with van der Waals surface area (Å²) in [6.45, 7) is 11.6. The van der Waals surface area contributed by atoms with Gasteiger partial charge in [-0.15, -0.1) is 24.0 Å². The number of hydrogen-bond donors (Lipinski definition) is 3. The van der Waals surface area contributed by atoms with Crippen LogP contribution in [0.15, 0.2) is 29.3 Å². The Morgan fingerprint density at radius 1 is 1.24 bits per heavy atom. The number of hydrogen-bond acceptors (Lipinski definition) is 4. The maximum absolute atomic E-state index is 12.5. The highest BCUT2D eigenvalue weighted by Gasteiger charge is 2.45. The lowest BCUT2D eigenvalue weighted by molar-refractivity contribution is -0.130. The van der Waals surface area contributed by atoms with Gasteiger partial charge < -0.3 is 20.9 Å². The molecule has 33 heavy (non-hydrogen) atoms. The van der Waals surface area contributed by atoms with Crippen LogP contribution in [0.2, 0.25) is 0 Å². The summed E-state index contributed by atoms with van der Waals surface area (Å²) < 4.78 is 0. The number of piperidine rings is 1. The number of imide groups is 1. The zero-order valence-corrected chi connectivity index (χ0v) is 22.6. The van der Waals surface area contributed by atoms with E-state index in [0.717, 1.165) is 38.4 Å². The fraction of sp³-hybridized carbons (Fsp3) is 0.625. The van der Waals surface area contributed by atoms with Crippen molar-refractivity contribution < 1.29 is 9.59 Å². The van der Waals surface area contributed by atoms with Gasteiger partial charge in [-0.3, -0.25) is 14.7 Å². The molecule has 8 nitrogen and oxygen atoms in total. The molecular formula is C24H39IN6O2. The molecule has 0 bridgehead atoms. The molecule has 0 spiro atoms. The second kappa shape index (κ2) is 12.4. The fourth-order valence-electron chi connectivity index (χ4n) is 4.21. The zero-order chi connectivity index (χ0) is 23.1. The number of amides is 3. The second-order valence-corrected chi connectivity index (χ2v) is 8.95. The van der Waals surface area contributed by atoms with Crippen LogP contribution >= 0.6 is 24.0 Å². The lowest BCUT2D eigenvalue weighted by Gasteiger charge is -2.35. The number of carbonyl (C=O) groups is 2. The van der Waals surface area contributed by atoms with Crippen LogP contribution in [-0.4, -0.2) is 67.1 Å². The third-order valence-corrected chi connectivity index (χ3v) is 6.37. The third-order valence-electron chi connectivity index (χ3n) is 6.37. The molecule has 3 amide bonds. The van der Waals surface area contributed by atoms with E-state index in [0.29, 0.717) is 32.0 Å². The minimum Gasteiger partial charge on any atom is -0.369 e. The van der Waals surface area contributed by atoms with Gasteiger partial charge in [-0.1, -0.05) is 24.6 Å². The quantitative estimate of drug-likeness (QED) is 0.147. The number of aliphatic imine (C=N–C) groups is 1. The van der Waals surface area contributed by atoms with E-state index in [4.69, 9.17) is 4.99 Å². The van der Waals surface area contributed by atoms with Crippen LogP contribution in [0.25, 0.3) is 0 Å². The van der Waals surface area contributed by atoms with Crippen LogP contribution in [0.5, 0.6) is 0 Å². The van der Waals surface area contributed by atoms with Crippen molar-refractivity contribution >= 4 is 47.6 Å². The highest BCUT2D eigenvalue weighted by atomic mass is 127. The Kier molecular flexibility index (Phi) is 10.2. The van der Waals surface area contributed by atoms with Crippen molar-refractivity contribution in [3.63, 3.8) is 0 Å². The van der Waals surface area contributed by atoms with Gasteiger partial charge in [0.1, 0.15) is 5.54 Å². The summed E-state index contributed by atoms with van der Waals surface area (Å²) in [7, 11) is 0. The average molecular weight is 571 g/mol. The molecule has 1 aromatic rings. The number of halogens is 1. The number of carbonyl (C=O) groups excluding carboxylic acids is 2. The van der Waals surface area contributed by atoms with Gasteiger partial charge in [-0.2, -0.15) is 0 Å². The maximum atomic E-state index is 12.5. The Hall–Kier alpha value is -2.04. The van der Waals surface area contributed by atoms with Gasteiger partial charge in [0.2, 0.25) is 0 Å². The van der Waals surface area contributed by atoms with Crippen molar-refractivity contribution in [3.8, 4) is 0 Å². The number of aryl methyl sites for hydroxylation is 1. The molecule has 3 N–H and O–H groups in total. The van der Waals surface area contributed by atoms with E-state index < -0.39 is 5.54 Å². The van der Waals surface area contributed by atoms with Gasteiger partial charge in [-0.05, 0) is 58.6 Å². The fourth-order valence-corrected chi connectivity index (χ4v) is 4.21. The minimum absolute atomic E-state index is 0. The molecule has 3 rings (SSSR count). The highest BCUT2D eigenvalue weighted by Crippen LogP contribution is 2.21. The Morgan fingerprint density at radius 2 is 1.97 bits per heavy atom. The molecule has 0 saturated carbocycles. The highest BCUT2D eigenvalue weighted by molar-refractivity contribution is 14.0. The van der Waals surface area contributed by atoms with Crippen LogP contribution in [0.3, 0.4) is 0 Å². The predicted molar refractivity (Wildman–Crippen MR) is 145 cm³/mol. The van der Waals surface area contributed by atoms with Crippen molar-refractivity contribution in [2.45, 2.75) is 65.0 Å². The van der Waals surface area contributed by atoms with Gasteiger partial charge in [0.25, 0.3) is 5.91 Å². The summed E-state index contributed by atoms with van der Waals surface area (Å²) >= 11 is 0. The molecule has 2 unspecified atom stereocenters. The number of guanidine groups is 1. The van der Waals surface area contributed by atoms with Crippen molar-refractivity contribution in [1.82, 2.24) is 20.9 Å². The summed E-state index contributed by atoms with van der Waals surface area (Å²) in [6.07, 6.45) is 3.45. The first-order chi connectivity index (χ1) is 15.4. The summed E-state index contributed by atoms with van der Waals surface area (Å²) in [5, 5.41) is 9.69. The van der Waals surface area contributed by atoms with Gasteiger partial charge in [0, 0.05) is 44.5 Å². The lowest BCUT2D eigenvalue weighted by Crippen LogP contribution is -2.51. The number of nitrogens with zero attached hydrogens (tertiary/aromatic N) is 3. The number of benzene rings is 1. The van der Waals surface area contributed by atoms with E-state index in [1.807, 2.05) is 6.92 Å². The second-order valence-electron chi connectivity index (χ2n) is 8.95. The zero-order valence-electron chi connectivity index (χ0n) is 20.3. The summed E-state index contributed by atoms with van der Waals surface area (Å²) in [5.74, 6) is 0.649. The topological polar surface area (TPSA) is 89.1 Å². The van der Waals surface area contributed by atoms with E-state index in [1.54, 1.807) is 6.92 Å². The predicted octanol–water partition coefficient (Wildman–Crippen LogP) is 3.25. The molecule has 2 aliphatic rings. The Labute approximate surface area is 215 Å².